The Morgan fingerprint density at radius 1 is 1.33 bits per heavy atom. The first kappa shape index (κ1) is 14.5. The Morgan fingerprint density at radius 2 is 2.05 bits per heavy atom. The molecule has 3 nitrogen and oxygen atoms in total. The number of hydrogen-bond acceptors (Lipinski definition) is 4. The van der Waals surface area contributed by atoms with Gasteiger partial charge in [-0.25, -0.2) is 4.98 Å². The zero-order valence-electron chi connectivity index (χ0n) is 12.8. The van der Waals surface area contributed by atoms with E-state index >= 15 is 0 Å². The first-order valence-corrected chi connectivity index (χ1v) is 8.19. The molecule has 1 heterocycles. The zero-order chi connectivity index (χ0) is 15.0. The second kappa shape index (κ2) is 5.43. The molecule has 0 spiro atoms. The minimum atomic E-state index is -0.361. The largest absolute Gasteiger partial charge is 0.387 e. The molecule has 21 heavy (non-hydrogen) atoms. The lowest BCUT2D eigenvalue weighted by Crippen LogP contribution is -2.24. The SMILES string of the molecule is CN(Cc1ccccc1)c1nc2c(s1)C(O)CC(C)(C)C2. The number of hydrogen-bond donors (Lipinski definition) is 1. The van der Waals surface area contributed by atoms with Crippen molar-refractivity contribution in [1.29, 1.82) is 0 Å². The van der Waals surface area contributed by atoms with Crippen molar-refractivity contribution >= 4 is 16.5 Å². The van der Waals surface area contributed by atoms with Crippen molar-refractivity contribution in [3.05, 3.63) is 46.5 Å². The van der Waals surface area contributed by atoms with Crippen molar-refractivity contribution in [2.45, 2.75) is 39.3 Å². The molecule has 2 aromatic rings. The minimum Gasteiger partial charge on any atom is -0.387 e. The van der Waals surface area contributed by atoms with Gasteiger partial charge in [0.05, 0.1) is 16.7 Å². The Hall–Kier alpha value is -1.39. The summed E-state index contributed by atoms with van der Waals surface area (Å²) in [6.45, 7) is 5.24. The third-order valence-electron chi connectivity index (χ3n) is 4.00. The summed E-state index contributed by atoms with van der Waals surface area (Å²) in [5, 5.41) is 11.3. The lowest BCUT2D eigenvalue weighted by molar-refractivity contribution is 0.102. The molecule has 0 radical (unpaired) electrons. The molecule has 112 valence electrons. The first-order valence-electron chi connectivity index (χ1n) is 7.37. The predicted molar refractivity (Wildman–Crippen MR) is 87.7 cm³/mol. The van der Waals surface area contributed by atoms with Gasteiger partial charge in [-0.05, 0) is 23.8 Å². The van der Waals surface area contributed by atoms with E-state index in [1.54, 1.807) is 11.3 Å². The maximum Gasteiger partial charge on any atom is 0.185 e. The Kier molecular flexibility index (Phi) is 3.76. The molecule has 1 aliphatic rings. The first-order chi connectivity index (χ1) is 9.94. The number of aromatic nitrogens is 1. The molecule has 1 aromatic heterocycles. The highest BCUT2D eigenvalue weighted by atomic mass is 32.1. The van der Waals surface area contributed by atoms with Crippen LogP contribution >= 0.6 is 11.3 Å². The second-order valence-corrected chi connectivity index (χ2v) is 7.72. The average Bonchev–Trinajstić information content (AvgIpc) is 2.82. The Labute approximate surface area is 130 Å². The monoisotopic (exact) mass is 302 g/mol. The second-order valence-electron chi connectivity index (χ2n) is 6.71. The summed E-state index contributed by atoms with van der Waals surface area (Å²) < 4.78 is 0. The molecule has 1 atom stereocenters. The van der Waals surface area contributed by atoms with E-state index in [1.807, 2.05) is 6.07 Å². The van der Waals surface area contributed by atoms with Crippen LogP contribution in [0, 0.1) is 5.41 Å². The molecular formula is C17H22N2OS. The van der Waals surface area contributed by atoms with Crippen LogP contribution in [-0.2, 0) is 13.0 Å². The fraction of sp³-hybridized carbons (Fsp3) is 0.471. The maximum atomic E-state index is 10.3. The van der Waals surface area contributed by atoms with E-state index in [-0.39, 0.29) is 11.5 Å². The van der Waals surface area contributed by atoms with E-state index in [0.29, 0.717) is 0 Å². The normalized spacial score (nSPS) is 20.1. The topological polar surface area (TPSA) is 36.4 Å². The molecule has 0 bridgehead atoms. The summed E-state index contributed by atoms with van der Waals surface area (Å²) in [4.78, 5) is 8.00. The van der Waals surface area contributed by atoms with Crippen LogP contribution in [0.4, 0.5) is 5.13 Å². The van der Waals surface area contributed by atoms with Gasteiger partial charge in [-0.1, -0.05) is 55.5 Å². The highest BCUT2D eigenvalue weighted by Gasteiger charge is 2.34. The van der Waals surface area contributed by atoms with Gasteiger partial charge in [-0.2, -0.15) is 0 Å². The van der Waals surface area contributed by atoms with Gasteiger partial charge in [0.1, 0.15) is 0 Å². The van der Waals surface area contributed by atoms with Crippen molar-refractivity contribution in [2.75, 3.05) is 11.9 Å². The highest BCUT2D eigenvalue weighted by molar-refractivity contribution is 7.15. The molecule has 4 heteroatoms. The van der Waals surface area contributed by atoms with Crippen LogP contribution in [0.1, 0.15) is 42.5 Å². The van der Waals surface area contributed by atoms with Crippen molar-refractivity contribution < 1.29 is 5.11 Å². The van der Waals surface area contributed by atoms with Crippen LogP contribution in [0.2, 0.25) is 0 Å². The number of thiazole rings is 1. The lowest BCUT2D eigenvalue weighted by Gasteiger charge is -2.31. The average molecular weight is 302 g/mol. The summed E-state index contributed by atoms with van der Waals surface area (Å²) in [7, 11) is 2.06. The van der Waals surface area contributed by atoms with Crippen LogP contribution in [-0.4, -0.2) is 17.1 Å². The number of nitrogens with zero attached hydrogens (tertiary/aromatic N) is 2. The van der Waals surface area contributed by atoms with E-state index in [0.717, 1.165) is 35.1 Å². The zero-order valence-corrected chi connectivity index (χ0v) is 13.7. The summed E-state index contributed by atoms with van der Waals surface area (Å²) in [5.74, 6) is 0. The molecule has 0 aliphatic heterocycles. The number of rotatable bonds is 3. The molecule has 0 saturated heterocycles. The highest BCUT2D eigenvalue weighted by Crippen LogP contribution is 2.44. The fourth-order valence-electron chi connectivity index (χ4n) is 2.97. The number of aliphatic hydroxyl groups excluding tert-OH is 1. The number of aliphatic hydroxyl groups is 1. The van der Waals surface area contributed by atoms with Crippen LogP contribution < -0.4 is 4.90 Å². The van der Waals surface area contributed by atoms with E-state index in [4.69, 9.17) is 4.98 Å². The van der Waals surface area contributed by atoms with Crippen LogP contribution in [0.5, 0.6) is 0 Å². The minimum absolute atomic E-state index is 0.135. The fourth-order valence-corrected chi connectivity index (χ4v) is 4.00. The molecule has 0 saturated carbocycles. The molecule has 1 unspecified atom stereocenters. The molecule has 1 aliphatic carbocycles. The van der Waals surface area contributed by atoms with Gasteiger partial charge in [-0.15, -0.1) is 0 Å². The van der Waals surface area contributed by atoms with Crippen molar-refractivity contribution in [1.82, 2.24) is 4.98 Å². The Bertz CT molecular complexity index is 621. The van der Waals surface area contributed by atoms with E-state index in [2.05, 4.69) is 50.1 Å². The molecule has 1 N–H and O–H groups in total. The molecule has 0 fully saturated rings. The molecular weight excluding hydrogens is 280 g/mol. The Balaban J connectivity index is 1.81. The van der Waals surface area contributed by atoms with Crippen molar-refractivity contribution in [2.24, 2.45) is 5.41 Å². The van der Waals surface area contributed by atoms with Gasteiger partial charge in [0.25, 0.3) is 0 Å². The standard InChI is InChI=1S/C17H22N2OS/c1-17(2)9-13-15(14(20)10-17)21-16(18-13)19(3)11-12-7-5-4-6-8-12/h4-8,14,20H,9-11H2,1-3H3. The third-order valence-corrected chi connectivity index (χ3v) is 5.31. The van der Waals surface area contributed by atoms with Gasteiger partial charge < -0.3 is 10.0 Å². The van der Waals surface area contributed by atoms with Gasteiger partial charge in [0, 0.05) is 13.6 Å². The van der Waals surface area contributed by atoms with Crippen molar-refractivity contribution in [3.8, 4) is 0 Å². The maximum absolute atomic E-state index is 10.3. The van der Waals surface area contributed by atoms with Gasteiger partial charge in [0.15, 0.2) is 5.13 Å². The summed E-state index contributed by atoms with van der Waals surface area (Å²) >= 11 is 1.64. The van der Waals surface area contributed by atoms with Crippen LogP contribution in [0.15, 0.2) is 30.3 Å². The number of benzene rings is 1. The number of fused-ring (bicyclic) bond motifs is 1. The van der Waals surface area contributed by atoms with Gasteiger partial charge in [0.2, 0.25) is 0 Å². The van der Waals surface area contributed by atoms with Crippen molar-refractivity contribution in [3.63, 3.8) is 0 Å². The summed E-state index contributed by atoms with van der Waals surface area (Å²) in [6, 6.07) is 10.4. The van der Waals surface area contributed by atoms with Gasteiger partial charge >= 0.3 is 0 Å². The van der Waals surface area contributed by atoms with E-state index < -0.39 is 0 Å². The van der Waals surface area contributed by atoms with Crippen LogP contribution in [0.3, 0.4) is 0 Å². The van der Waals surface area contributed by atoms with Crippen LogP contribution in [0.25, 0.3) is 0 Å². The Morgan fingerprint density at radius 3 is 2.76 bits per heavy atom. The van der Waals surface area contributed by atoms with E-state index in [1.165, 1.54) is 5.56 Å². The summed E-state index contributed by atoms with van der Waals surface area (Å²) in [5.41, 5.74) is 2.49. The summed E-state index contributed by atoms with van der Waals surface area (Å²) in [6.07, 6.45) is 1.42. The molecule has 1 aromatic carbocycles. The smallest absolute Gasteiger partial charge is 0.185 e. The van der Waals surface area contributed by atoms with Gasteiger partial charge in [-0.3, -0.25) is 0 Å². The number of anilines is 1. The predicted octanol–water partition coefficient (Wildman–Crippen LogP) is 3.79. The quantitative estimate of drug-likeness (QED) is 0.937. The third kappa shape index (κ3) is 3.11. The molecule has 3 rings (SSSR count). The molecule has 0 amide bonds. The van der Waals surface area contributed by atoms with E-state index in [9.17, 15) is 5.11 Å². The lowest BCUT2D eigenvalue weighted by atomic mass is 9.77.